The van der Waals surface area contributed by atoms with Gasteiger partial charge in [-0.25, -0.2) is 0 Å². The Morgan fingerprint density at radius 2 is 2.11 bits per heavy atom. The lowest BCUT2D eigenvalue weighted by Gasteiger charge is -2.17. The van der Waals surface area contributed by atoms with E-state index in [1.165, 1.54) is 22.3 Å². The summed E-state index contributed by atoms with van der Waals surface area (Å²) in [5, 5.41) is 9.81. The van der Waals surface area contributed by atoms with Gasteiger partial charge in [0.05, 0.1) is 4.88 Å². The van der Waals surface area contributed by atoms with Crippen LogP contribution in [0.2, 0.25) is 0 Å². The van der Waals surface area contributed by atoms with Crippen molar-refractivity contribution in [3.05, 3.63) is 47.9 Å². The molecule has 0 aliphatic rings. The lowest BCUT2D eigenvalue weighted by atomic mass is 10.2. The van der Waals surface area contributed by atoms with Gasteiger partial charge >= 0.3 is 5.97 Å². The smallest absolute Gasteiger partial charge is 0.323 e. The molecule has 4 nitrogen and oxygen atoms in total. The summed E-state index contributed by atoms with van der Waals surface area (Å²) in [5.74, 6) is -1.31. The van der Waals surface area contributed by atoms with Gasteiger partial charge in [-0.1, -0.05) is 24.3 Å². The van der Waals surface area contributed by atoms with Gasteiger partial charge in [-0.15, -0.1) is 17.9 Å². The number of thiophene rings is 1. The molecule has 1 aromatic heterocycles. The highest BCUT2D eigenvalue weighted by molar-refractivity contribution is 7.20. The number of carboxylic acids is 1. The van der Waals surface area contributed by atoms with E-state index in [0.29, 0.717) is 4.88 Å². The third-order valence-corrected chi connectivity index (χ3v) is 3.70. The van der Waals surface area contributed by atoms with Crippen molar-refractivity contribution < 1.29 is 14.7 Å². The SMILES string of the molecule is C=CCN(CC(=O)O)C(=O)c1cc2ccccc2s1. The van der Waals surface area contributed by atoms with Crippen LogP contribution in [-0.2, 0) is 4.79 Å². The van der Waals surface area contributed by atoms with Gasteiger partial charge < -0.3 is 10.0 Å². The van der Waals surface area contributed by atoms with Gasteiger partial charge in [0.25, 0.3) is 5.91 Å². The van der Waals surface area contributed by atoms with Crippen molar-refractivity contribution in [2.45, 2.75) is 0 Å². The van der Waals surface area contributed by atoms with Crippen LogP contribution in [0.15, 0.2) is 43.0 Å². The maximum Gasteiger partial charge on any atom is 0.323 e. The number of benzene rings is 1. The van der Waals surface area contributed by atoms with E-state index in [1.54, 1.807) is 6.07 Å². The average Bonchev–Trinajstić information content (AvgIpc) is 2.80. The van der Waals surface area contributed by atoms with Crippen molar-refractivity contribution in [2.24, 2.45) is 0 Å². The van der Waals surface area contributed by atoms with E-state index in [1.807, 2.05) is 24.3 Å². The standard InChI is InChI=1S/C14H13NO3S/c1-2-7-15(9-13(16)17)14(18)12-8-10-5-3-4-6-11(10)19-12/h2-6,8H,1,7,9H2,(H,16,17). The van der Waals surface area contributed by atoms with Crippen LogP contribution in [0.3, 0.4) is 0 Å². The molecule has 0 fully saturated rings. The molecule has 0 saturated carbocycles. The Hall–Kier alpha value is -2.14. The summed E-state index contributed by atoms with van der Waals surface area (Å²) in [5.41, 5.74) is 0. The molecule has 1 aromatic carbocycles. The second-order valence-corrected chi connectivity index (χ2v) is 5.10. The molecule has 0 saturated heterocycles. The zero-order valence-corrected chi connectivity index (χ0v) is 11.0. The summed E-state index contributed by atoms with van der Waals surface area (Å²) < 4.78 is 1.01. The van der Waals surface area contributed by atoms with Crippen LogP contribution in [0.1, 0.15) is 9.67 Å². The summed E-state index contributed by atoms with van der Waals surface area (Å²) in [7, 11) is 0. The van der Waals surface area contributed by atoms with Crippen LogP contribution in [0.4, 0.5) is 0 Å². The zero-order valence-electron chi connectivity index (χ0n) is 10.2. The number of nitrogens with zero attached hydrogens (tertiary/aromatic N) is 1. The van der Waals surface area contributed by atoms with Crippen LogP contribution >= 0.6 is 11.3 Å². The van der Waals surface area contributed by atoms with Crippen LogP contribution < -0.4 is 0 Å². The highest BCUT2D eigenvalue weighted by atomic mass is 32.1. The number of fused-ring (bicyclic) bond motifs is 1. The van der Waals surface area contributed by atoms with Gasteiger partial charge in [-0.2, -0.15) is 0 Å². The van der Waals surface area contributed by atoms with Gasteiger partial charge in [0.15, 0.2) is 0 Å². The number of hydrogen-bond donors (Lipinski definition) is 1. The molecule has 1 amide bonds. The van der Waals surface area contributed by atoms with Crippen molar-refractivity contribution in [3.63, 3.8) is 0 Å². The molecule has 1 N–H and O–H groups in total. The molecule has 5 heteroatoms. The molecular formula is C14H13NO3S. The first-order valence-electron chi connectivity index (χ1n) is 5.72. The second-order valence-electron chi connectivity index (χ2n) is 4.02. The molecule has 1 heterocycles. The van der Waals surface area contributed by atoms with E-state index in [4.69, 9.17) is 5.11 Å². The van der Waals surface area contributed by atoms with E-state index in [0.717, 1.165) is 10.1 Å². The Labute approximate surface area is 114 Å². The molecule has 0 radical (unpaired) electrons. The van der Waals surface area contributed by atoms with E-state index >= 15 is 0 Å². The van der Waals surface area contributed by atoms with Crippen LogP contribution in [0.5, 0.6) is 0 Å². The highest BCUT2D eigenvalue weighted by Gasteiger charge is 2.19. The molecule has 98 valence electrons. The molecule has 0 atom stereocenters. The lowest BCUT2D eigenvalue weighted by molar-refractivity contribution is -0.137. The molecule has 19 heavy (non-hydrogen) atoms. The molecule has 0 aliphatic carbocycles. The van der Waals surface area contributed by atoms with Crippen molar-refractivity contribution in [3.8, 4) is 0 Å². The Morgan fingerprint density at radius 1 is 1.37 bits per heavy atom. The van der Waals surface area contributed by atoms with Gasteiger partial charge in [-0.3, -0.25) is 9.59 Å². The number of carbonyl (C=O) groups excluding carboxylic acids is 1. The summed E-state index contributed by atoms with van der Waals surface area (Å²) in [4.78, 5) is 24.8. The van der Waals surface area contributed by atoms with Crippen molar-refractivity contribution in [1.29, 1.82) is 0 Å². The van der Waals surface area contributed by atoms with Crippen molar-refractivity contribution in [1.82, 2.24) is 4.90 Å². The molecular weight excluding hydrogens is 262 g/mol. The minimum atomic E-state index is -1.03. The number of carbonyl (C=O) groups is 2. The third kappa shape index (κ3) is 3.00. The molecule has 0 bridgehead atoms. The second kappa shape index (κ2) is 5.67. The lowest BCUT2D eigenvalue weighted by Crippen LogP contribution is -2.35. The number of carboxylic acid groups (broad SMARTS) is 1. The predicted octanol–water partition coefficient (Wildman–Crippen LogP) is 2.61. The minimum absolute atomic E-state index is 0.222. The Morgan fingerprint density at radius 3 is 2.74 bits per heavy atom. The van der Waals surface area contributed by atoms with E-state index in [2.05, 4.69) is 6.58 Å². The van der Waals surface area contributed by atoms with Gasteiger partial charge in [0.1, 0.15) is 6.54 Å². The normalized spacial score (nSPS) is 10.3. The van der Waals surface area contributed by atoms with E-state index < -0.39 is 5.97 Å². The summed E-state index contributed by atoms with van der Waals surface area (Å²) in [6.07, 6.45) is 1.52. The number of hydrogen-bond acceptors (Lipinski definition) is 3. The fourth-order valence-electron chi connectivity index (χ4n) is 1.78. The quantitative estimate of drug-likeness (QED) is 0.853. The fraction of sp³-hybridized carbons (Fsp3) is 0.143. The number of amides is 1. The maximum atomic E-state index is 12.3. The van der Waals surface area contributed by atoms with Crippen LogP contribution in [0, 0.1) is 0 Å². The Kier molecular flexibility index (Phi) is 3.97. The maximum absolute atomic E-state index is 12.3. The molecule has 0 spiro atoms. The van der Waals surface area contributed by atoms with Gasteiger partial charge in [0.2, 0.25) is 0 Å². The van der Waals surface area contributed by atoms with Gasteiger partial charge in [0, 0.05) is 11.2 Å². The molecule has 0 aliphatic heterocycles. The van der Waals surface area contributed by atoms with Crippen molar-refractivity contribution in [2.75, 3.05) is 13.1 Å². The minimum Gasteiger partial charge on any atom is -0.480 e. The van der Waals surface area contributed by atoms with Gasteiger partial charge in [-0.05, 0) is 17.5 Å². The Bertz CT molecular complexity index is 599. The monoisotopic (exact) mass is 275 g/mol. The van der Waals surface area contributed by atoms with Crippen LogP contribution in [0.25, 0.3) is 10.1 Å². The summed E-state index contributed by atoms with van der Waals surface area (Å²) >= 11 is 1.37. The Balaban J connectivity index is 2.29. The zero-order chi connectivity index (χ0) is 13.8. The number of aliphatic carboxylic acids is 1. The van der Waals surface area contributed by atoms with Crippen molar-refractivity contribution >= 4 is 33.3 Å². The first-order valence-corrected chi connectivity index (χ1v) is 6.54. The number of rotatable bonds is 5. The largest absolute Gasteiger partial charge is 0.480 e. The molecule has 2 rings (SSSR count). The topological polar surface area (TPSA) is 57.6 Å². The van der Waals surface area contributed by atoms with Crippen LogP contribution in [-0.4, -0.2) is 35.0 Å². The first kappa shape index (κ1) is 13.3. The molecule has 2 aromatic rings. The third-order valence-electron chi connectivity index (χ3n) is 2.60. The first-order chi connectivity index (χ1) is 9.11. The highest BCUT2D eigenvalue weighted by Crippen LogP contribution is 2.26. The van der Waals surface area contributed by atoms with E-state index in [9.17, 15) is 9.59 Å². The summed E-state index contributed by atoms with van der Waals surface area (Å²) in [6.45, 7) is 3.44. The average molecular weight is 275 g/mol. The van der Waals surface area contributed by atoms with E-state index in [-0.39, 0.29) is 19.0 Å². The fourth-order valence-corrected chi connectivity index (χ4v) is 2.81. The predicted molar refractivity (Wildman–Crippen MR) is 75.6 cm³/mol. The summed E-state index contributed by atoms with van der Waals surface area (Å²) in [6, 6.07) is 9.47. The molecule has 0 unspecified atom stereocenters.